The lowest BCUT2D eigenvalue weighted by Gasteiger charge is -2.57. The third-order valence-corrected chi connectivity index (χ3v) is 5.96. The molecule has 2 heterocycles. The first-order valence-corrected chi connectivity index (χ1v) is 9.42. The number of carbonyl (C=O) groups excluding carboxylic acids is 2. The highest BCUT2D eigenvalue weighted by Crippen LogP contribution is 2.54. The molecule has 1 aliphatic carbocycles. The van der Waals surface area contributed by atoms with Crippen molar-refractivity contribution in [1.82, 2.24) is 9.88 Å². The van der Waals surface area contributed by atoms with Crippen molar-refractivity contribution < 1.29 is 18.7 Å². The zero-order chi connectivity index (χ0) is 19.3. The van der Waals surface area contributed by atoms with E-state index in [2.05, 4.69) is 24.1 Å². The van der Waals surface area contributed by atoms with Crippen LogP contribution in [-0.2, 0) is 20.7 Å². The van der Waals surface area contributed by atoms with Crippen LogP contribution in [-0.4, -0.2) is 47.5 Å². The van der Waals surface area contributed by atoms with E-state index in [-0.39, 0.29) is 17.6 Å². The van der Waals surface area contributed by atoms with Crippen LogP contribution in [0, 0.1) is 11.3 Å². The van der Waals surface area contributed by atoms with Gasteiger partial charge in [0, 0.05) is 43.1 Å². The van der Waals surface area contributed by atoms with Gasteiger partial charge in [-0.2, -0.15) is 0 Å². The molecule has 7 heteroatoms. The fourth-order valence-corrected chi connectivity index (χ4v) is 4.76. The Bertz CT molecular complexity index is 904. The smallest absolute Gasteiger partial charge is 0.313 e. The summed E-state index contributed by atoms with van der Waals surface area (Å²) in [7, 11) is 1.71. The lowest BCUT2D eigenvalue weighted by Crippen LogP contribution is -2.67. The molecular weight excluding hydrogens is 346 g/mol. The number of oxazole rings is 1. The van der Waals surface area contributed by atoms with Crippen LogP contribution in [0.25, 0.3) is 11.1 Å². The van der Waals surface area contributed by atoms with Gasteiger partial charge in [-0.3, -0.25) is 9.59 Å². The van der Waals surface area contributed by atoms with Gasteiger partial charge in [0.1, 0.15) is 5.52 Å². The van der Waals surface area contributed by atoms with Gasteiger partial charge in [-0.25, -0.2) is 4.98 Å². The number of amides is 2. The number of aryl methyl sites for hydroxylation is 1. The quantitative estimate of drug-likeness (QED) is 0.839. The highest BCUT2D eigenvalue weighted by molar-refractivity contribution is 6.39. The molecule has 3 atom stereocenters. The maximum absolute atomic E-state index is 12.7. The molecule has 1 saturated heterocycles. The minimum atomic E-state index is -0.644. The number of nitrogens with zero attached hydrogens (tertiary/aromatic N) is 2. The Morgan fingerprint density at radius 3 is 2.89 bits per heavy atom. The molecule has 1 aromatic carbocycles. The van der Waals surface area contributed by atoms with Crippen LogP contribution in [0.2, 0.25) is 0 Å². The molecule has 0 unspecified atom stereocenters. The Morgan fingerprint density at radius 1 is 1.37 bits per heavy atom. The van der Waals surface area contributed by atoms with E-state index in [4.69, 9.17) is 9.15 Å². The maximum atomic E-state index is 12.7. The van der Waals surface area contributed by atoms with Crippen molar-refractivity contribution in [2.45, 2.75) is 45.8 Å². The Kier molecular flexibility index (Phi) is 4.22. The van der Waals surface area contributed by atoms with Crippen LogP contribution in [0.3, 0.4) is 0 Å². The van der Waals surface area contributed by atoms with Gasteiger partial charge in [-0.15, -0.1) is 0 Å². The van der Waals surface area contributed by atoms with Crippen molar-refractivity contribution >= 4 is 28.6 Å². The first-order chi connectivity index (χ1) is 12.8. The summed E-state index contributed by atoms with van der Waals surface area (Å²) >= 11 is 0. The minimum absolute atomic E-state index is 0.00776. The summed E-state index contributed by atoms with van der Waals surface area (Å²) in [4.78, 5) is 31.2. The van der Waals surface area contributed by atoms with Crippen LogP contribution in [0.5, 0.6) is 0 Å². The monoisotopic (exact) mass is 371 g/mol. The van der Waals surface area contributed by atoms with Crippen LogP contribution in [0.15, 0.2) is 22.6 Å². The number of hydrogen-bond donors (Lipinski definition) is 1. The molecule has 1 aromatic heterocycles. The second kappa shape index (κ2) is 6.34. The number of nitrogens with one attached hydrogen (secondary N) is 1. The lowest BCUT2D eigenvalue weighted by molar-refractivity contribution is -0.169. The normalized spacial score (nSPS) is 25.7. The van der Waals surface area contributed by atoms with Crippen molar-refractivity contribution in [3.05, 3.63) is 24.1 Å². The standard InChI is InChI=1S/C20H25N3O4/c1-5-15-22-13-10-11(6-7-14(13)27-15)21-18(24)19(25)23(4)16-12-8-9-26-17(12)20(16,2)3/h6-7,10,12,16-17H,5,8-9H2,1-4H3,(H,21,24)/t12-,16+,17-/m0/s1. The molecule has 144 valence electrons. The molecule has 2 fully saturated rings. The summed E-state index contributed by atoms with van der Waals surface area (Å²) in [6.45, 7) is 6.87. The summed E-state index contributed by atoms with van der Waals surface area (Å²) in [5.74, 6) is -0.229. The van der Waals surface area contributed by atoms with Crippen LogP contribution in [0.1, 0.15) is 33.1 Å². The minimum Gasteiger partial charge on any atom is -0.441 e. The molecule has 1 N–H and O–H groups in total. The zero-order valence-corrected chi connectivity index (χ0v) is 16.1. The Morgan fingerprint density at radius 2 is 2.15 bits per heavy atom. The van der Waals surface area contributed by atoms with Gasteiger partial charge < -0.3 is 19.4 Å². The fourth-order valence-electron chi connectivity index (χ4n) is 4.76. The van der Waals surface area contributed by atoms with Crippen LogP contribution in [0.4, 0.5) is 5.69 Å². The molecule has 0 bridgehead atoms. The van der Waals surface area contributed by atoms with E-state index >= 15 is 0 Å². The number of aromatic nitrogens is 1. The summed E-state index contributed by atoms with van der Waals surface area (Å²) < 4.78 is 11.3. The van der Waals surface area contributed by atoms with Crippen LogP contribution >= 0.6 is 0 Å². The highest BCUT2D eigenvalue weighted by Gasteiger charge is 2.61. The maximum Gasteiger partial charge on any atom is 0.313 e. The number of anilines is 1. The first-order valence-electron chi connectivity index (χ1n) is 9.42. The van der Waals surface area contributed by atoms with Crippen molar-refractivity contribution in [1.29, 1.82) is 0 Å². The van der Waals surface area contributed by atoms with Crippen molar-refractivity contribution in [2.24, 2.45) is 11.3 Å². The van der Waals surface area contributed by atoms with E-state index in [0.29, 0.717) is 35.0 Å². The first kappa shape index (κ1) is 18.0. The predicted molar refractivity (Wildman–Crippen MR) is 100 cm³/mol. The van der Waals surface area contributed by atoms with Gasteiger partial charge in [0.25, 0.3) is 0 Å². The molecule has 1 saturated carbocycles. The predicted octanol–water partition coefficient (Wildman–Crippen LogP) is 2.60. The summed E-state index contributed by atoms with van der Waals surface area (Å²) in [6, 6.07) is 5.19. The summed E-state index contributed by atoms with van der Waals surface area (Å²) in [5.41, 5.74) is 1.70. The van der Waals surface area contributed by atoms with E-state index in [9.17, 15) is 9.59 Å². The van der Waals surface area contributed by atoms with Gasteiger partial charge >= 0.3 is 11.8 Å². The molecule has 2 amide bonds. The summed E-state index contributed by atoms with van der Waals surface area (Å²) in [5, 5.41) is 2.69. The highest BCUT2D eigenvalue weighted by atomic mass is 16.5. The number of ether oxygens (including phenoxy) is 1. The third kappa shape index (κ3) is 2.81. The third-order valence-electron chi connectivity index (χ3n) is 5.96. The molecular formula is C20H25N3O4. The average molecular weight is 371 g/mol. The largest absolute Gasteiger partial charge is 0.441 e. The Balaban J connectivity index is 1.47. The Hall–Kier alpha value is -2.41. The van der Waals surface area contributed by atoms with Gasteiger partial charge in [0.05, 0.1) is 6.10 Å². The van der Waals surface area contributed by atoms with Gasteiger partial charge in [-0.1, -0.05) is 20.8 Å². The molecule has 27 heavy (non-hydrogen) atoms. The van der Waals surface area contributed by atoms with Crippen molar-refractivity contribution in [2.75, 3.05) is 19.0 Å². The second-order valence-corrected chi connectivity index (χ2v) is 8.02. The van der Waals surface area contributed by atoms with Crippen LogP contribution < -0.4 is 5.32 Å². The van der Waals surface area contributed by atoms with Gasteiger partial charge in [0.2, 0.25) is 0 Å². The second-order valence-electron chi connectivity index (χ2n) is 8.02. The number of fused-ring (bicyclic) bond motifs is 2. The molecule has 4 rings (SSSR count). The molecule has 2 aliphatic rings. The SMILES string of the molecule is CCc1nc2cc(NC(=O)C(=O)N(C)[C@@H]3[C@@H]4CCO[C@@H]4C3(C)C)ccc2o1. The molecule has 0 radical (unpaired) electrons. The van der Waals surface area contributed by atoms with E-state index in [1.165, 1.54) is 0 Å². The van der Waals surface area contributed by atoms with E-state index in [1.807, 2.05) is 6.92 Å². The van der Waals surface area contributed by atoms with E-state index < -0.39 is 11.8 Å². The number of likely N-dealkylation sites (N-methyl/N-ethyl adjacent to an activating group) is 1. The molecule has 2 aromatic rings. The number of hydrogen-bond acceptors (Lipinski definition) is 5. The molecule has 7 nitrogen and oxygen atoms in total. The van der Waals surface area contributed by atoms with Crippen molar-refractivity contribution in [3.63, 3.8) is 0 Å². The van der Waals surface area contributed by atoms with Gasteiger partial charge in [-0.05, 0) is 24.6 Å². The number of carbonyl (C=O) groups is 2. The number of rotatable bonds is 3. The lowest BCUT2D eigenvalue weighted by atomic mass is 9.57. The van der Waals surface area contributed by atoms with Crippen molar-refractivity contribution in [3.8, 4) is 0 Å². The summed E-state index contributed by atoms with van der Waals surface area (Å²) in [6.07, 6.45) is 1.80. The fraction of sp³-hybridized carbons (Fsp3) is 0.550. The molecule has 0 spiro atoms. The van der Waals surface area contributed by atoms with Gasteiger partial charge in [0.15, 0.2) is 11.5 Å². The average Bonchev–Trinajstić information content (AvgIpc) is 3.25. The topological polar surface area (TPSA) is 84.7 Å². The number of benzene rings is 1. The Labute approximate surface area is 158 Å². The van der Waals surface area contributed by atoms with E-state index in [0.717, 1.165) is 13.0 Å². The van der Waals surface area contributed by atoms with E-state index in [1.54, 1.807) is 30.1 Å². The molecule has 1 aliphatic heterocycles. The zero-order valence-electron chi connectivity index (χ0n) is 16.1.